The fraction of sp³-hybridized carbons (Fsp3) is 0.450. The van der Waals surface area contributed by atoms with E-state index >= 15 is 0 Å². The first-order valence-corrected chi connectivity index (χ1v) is 8.43. The van der Waals surface area contributed by atoms with Crippen molar-refractivity contribution in [3.8, 4) is 11.8 Å². The summed E-state index contributed by atoms with van der Waals surface area (Å²) < 4.78 is 0. The van der Waals surface area contributed by atoms with Crippen LogP contribution in [0.2, 0.25) is 0 Å². The van der Waals surface area contributed by atoms with Crippen molar-refractivity contribution in [2.24, 2.45) is 11.1 Å². The lowest BCUT2D eigenvalue weighted by Gasteiger charge is -2.47. The minimum Gasteiger partial charge on any atom is -0.399 e. The molecule has 3 aliphatic rings. The Balaban J connectivity index is 1.87. The third-order valence-electron chi connectivity index (χ3n) is 4.94. The number of nitrogens with zero attached hydrogens (tertiary/aromatic N) is 2. The van der Waals surface area contributed by atoms with Gasteiger partial charge >= 0.3 is 0 Å². The Morgan fingerprint density at radius 3 is 2.88 bits per heavy atom. The van der Waals surface area contributed by atoms with Crippen LogP contribution in [-0.2, 0) is 11.3 Å². The maximum Gasteiger partial charge on any atom is 0.141 e. The van der Waals surface area contributed by atoms with Gasteiger partial charge < -0.3 is 9.94 Å². The maximum atomic E-state index is 10.9. The molecule has 0 spiro atoms. The Hall–Kier alpha value is -2.09. The summed E-state index contributed by atoms with van der Waals surface area (Å²) in [5.41, 5.74) is 2.11. The van der Waals surface area contributed by atoms with Gasteiger partial charge in [-0.25, -0.2) is 0 Å². The van der Waals surface area contributed by atoms with Crippen molar-refractivity contribution in [1.29, 1.82) is 0 Å². The molecular formula is C20H24N2O2. The van der Waals surface area contributed by atoms with E-state index in [-0.39, 0.29) is 0 Å². The number of hydrogen-bond donors (Lipinski definition) is 1. The molecule has 0 aromatic heterocycles. The van der Waals surface area contributed by atoms with Crippen molar-refractivity contribution >= 4 is 6.21 Å². The Morgan fingerprint density at radius 2 is 2.25 bits per heavy atom. The number of hydrogen-bond acceptors (Lipinski definition) is 4. The van der Waals surface area contributed by atoms with Gasteiger partial charge in [-0.2, -0.15) is 0 Å². The van der Waals surface area contributed by atoms with Gasteiger partial charge in [-0.3, -0.25) is 4.90 Å². The minimum absolute atomic E-state index is 0.297. The number of aliphatic hydroxyl groups is 1. The maximum absolute atomic E-state index is 10.9. The highest BCUT2D eigenvalue weighted by atomic mass is 16.6. The van der Waals surface area contributed by atoms with Crippen LogP contribution in [0.3, 0.4) is 0 Å². The Morgan fingerprint density at radius 1 is 1.46 bits per heavy atom. The topological polar surface area (TPSA) is 45.1 Å². The van der Waals surface area contributed by atoms with E-state index < -0.39 is 5.60 Å². The molecule has 1 unspecified atom stereocenters. The van der Waals surface area contributed by atoms with Gasteiger partial charge in [0.2, 0.25) is 0 Å². The van der Waals surface area contributed by atoms with Crippen LogP contribution < -0.4 is 0 Å². The molecule has 126 valence electrons. The van der Waals surface area contributed by atoms with Gasteiger partial charge in [-0.1, -0.05) is 29.1 Å². The van der Waals surface area contributed by atoms with Crippen molar-refractivity contribution < 1.29 is 9.94 Å². The van der Waals surface area contributed by atoms with Gasteiger partial charge in [0.05, 0.1) is 6.21 Å². The third-order valence-corrected chi connectivity index (χ3v) is 4.94. The molecule has 1 aromatic carbocycles. The van der Waals surface area contributed by atoms with E-state index in [4.69, 9.17) is 4.84 Å². The van der Waals surface area contributed by atoms with E-state index in [1.165, 1.54) is 7.11 Å². The fourth-order valence-electron chi connectivity index (χ4n) is 3.61. The van der Waals surface area contributed by atoms with Gasteiger partial charge in [-0.15, -0.1) is 6.58 Å². The summed E-state index contributed by atoms with van der Waals surface area (Å²) in [6.45, 7) is 6.66. The van der Waals surface area contributed by atoms with E-state index in [9.17, 15) is 5.11 Å². The van der Waals surface area contributed by atoms with E-state index in [0.717, 1.165) is 49.0 Å². The van der Waals surface area contributed by atoms with Crippen LogP contribution >= 0.6 is 0 Å². The van der Waals surface area contributed by atoms with Crippen LogP contribution in [0.1, 0.15) is 29.5 Å². The second kappa shape index (κ2) is 7.21. The summed E-state index contributed by atoms with van der Waals surface area (Å²) in [4.78, 5) is 7.04. The van der Waals surface area contributed by atoms with Crippen LogP contribution in [0.15, 0.2) is 36.0 Å². The summed E-state index contributed by atoms with van der Waals surface area (Å²) in [5.74, 6) is 6.70. The highest BCUT2D eigenvalue weighted by molar-refractivity contribution is 5.80. The van der Waals surface area contributed by atoms with Crippen LogP contribution in [0.5, 0.6) is 0 Å². The molecule has 4 rings (SSSR count). The molecule has 1 atom stereocenters. The number of rotatable bonds is 4. The molecule has 24 heavy (non-hydrogen) atoms. The first-order valence-electron chi connectivity index (χ1n) is 8.43. The van der Waals surface area contributed by atoms with E-state index in [1.54, 1.807) is 6.21 Å². The summed E-state index contributed by atoms with van der Waals surface area (Å²) in [6, 6.07) is 5.97. The molecule has 2 bridgehead atoms. The smallest absolute Gasteiger partial charge is 0.141 e. The molecule has 3 saturated heterocycles. The molecule has 0 saturated carbocycles. The lowest BCUT2D eigenvalue weighted by molar-refractivity contribution is -0.0713. The molecule has 0 amide bonds. The zero-order valence-electron chi connectivity index (χ0n) is 14.2. The van der Waals surface area contributed by atoms with Gasteiger partial charge in [0, 0.05) is 18.0 Å². The second-order valence-corrected chi connectivity index (χ2v) is 6.55. The first kappa shape index (κ1) is 16.8. The molecular weight excluding hydrogens is 300 g/mol. The van der Waals surface area contributed by atoms with Crippen LogP contribution in [0.4, 0.5) is 0 Å². The SMILES string of the molecule is C=CCc1cc(C=NOC)ccc1C#CC1(O)CN2CCC1CC2. The second-order valence-electron chi connectivity index (χ2n) is 6.55. The summed E-state index contributed by atoms with van der Waals surface area (Å²) in [6.07, 6.45) is 6.34. The minimum atomic E-state index is -0.877. The molecule has 0 aliphatic carbocycles. The molecule has 4 nitrogen and oxygen atoms in total. The lowest BCUT2D eigenvalue weighted by Crippen LogP contribution is -2.58. The monoisotopic (exact) mass is 324 g/mol. The standard InChI is InChI=1S/C20H24N2O2/c1-3-4-18-13-16(14-21-24-2)5-6-17(18)7-10-20(23)15-22-11-8-19(20)9-12-22/h3,5-6,13-14,19,23H,1,4,8-9,11-12,15H2,2H3. The van der Waals surface area contributed by atoms with Crippen molar-refractivity contribution in [3.63, 3.8) is 0 Å². The van der Waals surface area contributed by atoms with Gasteiger partial charge in [0.1, 0.15) is 12.7 Å². The van der Waals surface area contributed by atoms with E-state index in [0.29, 0.717) is 12.5 Å². The fourth-order valence-corrected chi connectivity index (χ4v) is 3.61. The molecule has 1 N–H and O–H groups in total. The number of oxime groups is 1. The molecule has 3 fully saturated rings. The van der Waals surface area contributed by atoms with Gasteiger partial charge in [-0.05, 0) is 55.6 Å². The zero-order chi connectivity index (χ0) is 17.0. The molecule has 0 radical (unpaired) electrons. The average molecular weight is 324 g/mol. The highest BCUT2D eigenvalue weighted by Gasteiger charge is 2.44. The van der Waals surface area contributed by atoms with Crippen molar-refractivity contribution in [1.82, 2.24) is 4.90 Å². The summed E-state index contributed by atoms with van der Waals surface area (Å²) in [7, 11) is 1.52. The largest absolute Gasteiger partial charge is 0.399 e. The average Bonchev–Trinajstić information content (AvgIpc) is 2.60. The number of allylic oxidation sites excluding steroid dienone is 1. The lowest BCUT2D eigenvalue weighted by atomic mass is 9.75. The van der Waals surface area contributed by atoms with Crippen molar-refractivity contribution in [2.75, 3.05) is 26.7 Å². The highest BCUT2D eigenvalue weighted by Crippen LogP contribution is 2.35. The Labute approximate surface area is 143 Å². The number of piperidine rings is 3. The zero-order valence-corrected chi connectivity index (χ0v) is 14.2. The quantitative estimate of drug-likeness (QED) is 0.400. The summed E-state index contributed by atoms with van der Waals surface area (Å²) in [5, 5.41) is 14.7. The Kier molecular flexibility index (Phi) is 5.03. The third kappa shape index (κ3) is 3.53. The predicted octanol–water partition coefficient (Wildman–Crippen LogP) is 2.20. The molecule has 1 aromatic rings. The van der Waals surface area contributed by atoms with Crippen LogP contribution in [0, 0.1) is 17.8 Å². The van der Waals surface area contributed by atoms with Crippen molar-refractivity contribution in [2.45, 2.75) is 24.9 Å². The van der Waals surface area contributed by atoms with E-state index in [2.05, 4.69) is 28.5 Å². The van der Waals surface area contributed by atoms with Gasteiger partial charge in [0.25, 0.3) is 0 Å². The van der Waals surface area contributed by atoms with E-state index in [1.807, 2.05) is 24.3 Å². The number of benzene rings is 1. The number of fused-ring (bicyclic) bond motifs is 3. The van der Waals surface area contributed by atoms with Crippen molar-refractivity contribution in [3.05, 3.63) is 47.5 Å². The summed E-state index contributed by atoms with van der Waals surface area (Å²) >= 11 is 0. The molecule has 4 heteroatoms. The predicted molar refractivity (Wildman–Crippen MR) is 95.9 cm³/mol. The van der Waals surface area contributed by atoms with Gasteiger partial charge in [0.15, 0.2) is 0 Å². The Bertz CT molecular complexity index is 693. The molecule has 3 aliphatic heterocycles. The first-order chi connectivity index (χ1) is 11.6. The van der Waals surface area contributed by atoms with Crippen LogP contribution in [-0.4, -0.2) is 48.6 Å². The molecule has 3 heterocycles. The normalized spacial score (nSPS) is 28.4. The van der Waals surface area contributed by atoms with Crippen LogP contribution in [0.25, 0.3) is 0 Å².